The molecule has 1 atom stereocenters. The summed E-state index contributed by atoms with van der Waals surface area (Å²) in [6.07, 6.45) is 1.45. The zero-order valence-corrected chi connectivity index (χ0v) is 13.2. The van der Waals surface area contributed by atoms with Crippen LogP contribution in [-0.4, -0.2) is 11.0 Å². The fourth-order valence-corrected chi connectivity index (χ4v) is 3.21. The number of nitriles is 1. The van der Waals surface area contributed by atoms with E-state index in [1.165, 1.54) is 0 Å². The lowest BCUT2D eigenvalue weighted by Gasteiger charge is -2.11. The van der Waals surface area contributed by atoms with Crippen LogP contribution in [0.15, 0.2) is 40.8 Å². The number of rotatable bonds is 6. The van der Waals surface area contributed by atoms with Gasteiger partial charge in [0.2, 0.25) is 0 Å². The molecule has 2 heterocycles. The monoisotopic (exact) mass is 311 g/mol. The summed E-state index contributed by atoms with van der Waals surface area (Å²) < 4.78 is 7.04. The van der Waals surface area contributed by atoms with Crippen LogP contribution < -0.4 is 5.32 Å². The van der Waals surface area contributed by atoms with Crippen molar-refractivity contribution < 1.29 is 4.42 Å². The smallest absolute Gasteiger partial charge is 0.163 e. The molecule has 0 fully saturated rings. The molecule has 1 N–H and O–H groups in total. The van der Waals surface area contributed by atoms with E-state index < -0.39 is 0 Å². The Balaban J connectivity index is 1.72. The van der Waals surface area contributed by atoms with Crippen molar-refractivity contribution in [2.24, 2.45) is 0 Å². The van der Waals surface area contributed by atoms with Crippen LogP contribution in [0, 0.1) is 11.3 Å². The van der Waals surface area contributed by atoms with Crippen molar-refractivity contribution in [3.05, 3.63) is 42.2 Å². The third-order valence-electron chi connectivity index (χ3n) is 3.56. The normalized spacial score (nSPS) is 12.4. The van der Waals surface area contributed by atoms with Gasteiger partial charge in [-0.05, 0) is 30.7 Å². The number of furan rings is 1. The molecule has 112 valence electrons. The fourth-order valence-electron chi connectivity index (χ4n) is 2.28. The predicted octanol–water partition coefficient (Wildman–Crippen LogP) is 4.34. The highest BCUT2D eigenvalue weighted by Gasteiger charge is 2.11. The van der Waals surface area contributed by atoms with Crippen LogP contribution in [-0.2, 0) is 6.54 Å². The lowest BCUT2D eigenvalue weighted by Crippen LogP contribution is -2.27. The fraction of sp³-hybridized carbons (Fsp3) is 0.294. The number of thiazole rings is 1. The van der Waals surface area contributed by atoms with E-state index in [-0.39, 0.29) is 6.04 Å². The predicted molar refractivity (Wildman–Crippen MR) is 88.5 cm³/mol. The Morgan fingerprint density at radius 2 is 2.18 bits per heavy atom. The van der Waals surface area contributed by atoms with Crippen molar-refractivity contribution in [1.29, 1.82) is 5.26 Å². The van der Waals surface area contributed by atoms with Gasteiger partial charge in [0.15, 0.2) is 10.8 Å². The molecule has 22 heavy (non-hydrogen) atoms. The van der Waals surface area contributed by atoms with Gasteiger partial charge < -0.3 is 9.73 Å². The molecule has 0 spiro atoms. The summed E-state index contributed by atoms with van der Waals surface area (Å²) in [6, 6.07) is 14.4. The second-order valence-electron chi connectivity index (χ2n) is 5.10. The molecule has 0 aliphatic rings. The zero-order chi connectivity index (χ0) is 15.4. The lowest BCUT2D eigenvalue weighted by atomic mass is 10.1. The third kappa shape index (κ3) is 3.19. The van der Waals surface area contributed by atoms with Gasteiger partial charge >= 0.3 is 0 Å². The van der Waals surface area contributed by atoms with Crippen LogP contribution in [0.2, 0.25) is 0 Å². The molecule has 2 aromatic heterocycles. The molecule has 0 bridgehead atoms. The Morgan fingerprint density at radius 1 is 1.32 bits per heavy atom. The first-order chi connectivity index (χ1) is 10.8. The summed E-state index contributed by atoms with van der Waals surface area (Å²) >= 11 is 1.63. The standard InChI is InChI=1S/C17H17N3OS/c1-2-12(9-10-18)19-11-13-7-8-15(21-13)17-20-14-5-3-4-6-16(14)22-17/h3-8,12,19H,2,9,11H2,1H3. The van der Waals surface area contributed by atoms with Gasteiger partial charge in [-0.25, -0.2) is 4.98 Å². The van der Waals surface area contributed by atoms with E-state index in [0.29, 0.717) is 13.0 Å². The number of nitrogens with zero attached hydrogens (tertiary/aromatic N) is 2. The van der Waals surface area contributed by atoms with Crippen molar-refractivity contribution in [1.82, 2.24) is 10.3 Å². The number of para-hydroxylation sites is 1. The van der Waals surface area contributed by atoms with Gasteiger partial charge in [0.25, 0.3) is 0 Å². The third-order valence-corrected chi connectivity index (χ3v) is 4.61. The number of aromatic nitrogens is 1. The highest BCUT2D eigenvalue weighted by molar-refractivity contribution is 7.21. The Hall–Kier alpha value is -2.16. The van der Waals surface area contributed by atoms with E-state index in [9.17, 15) is 0 Å². The first-order valence-electron chi connectivity index (χ1n) is 7.35. The quantitative estimate of drug-likeness (QED) is 0.735. The van der Waals surface area contributed by atoms with Crippen molar-refractivity contribution in [2.75, 3.05) is 0 Å². The maximum absolute atomic E-state index is 8.77. The van der Waals surface area contributed by atoms with Gasteiger partial charge in [-0.3, -0.25) is 0 Å². The summed E-state index contributed by atoms with van der Waals surface area (Å²) in [5, 5.41) is 13.0. The van der Waals surface area contributed by atoms with Crippen molar-refractivity contribution in [3.63, 3.8) is 0 Å². The van der Waals surface area contributed by atoms with Gasteiger partial charge in [0.05, 0.1) is 29.3 Å². The number of fused-ring (bicyclic) bond motifs is 1. The molecule has 5 heteroatoms. The minimum Gasteiger partial charge on any atom is -0.457 e. The van der Waals surface area contributed by atoms with E-state index in [2.05, 4.69) is 29.4 Å². The van der Waals surface area contributed by atoms with E-state index >= 15 is 0 Å². The summed E-state index contributed by atoms with van der Waals surface area (Å²) in [7, 11) is 0. The summed E-state index contributed by atoms with van der Waals surface area (Å²) in [6.45, 7) is 2.70. The van der Waals surface area contributed by atoms with Crippen LogP contribution in [0.4, 0.5) is 0 Å². The lowest BCUT2D eigenvalue weighted by molar-refractivity contribution is 0.444. The molecule has 0 saturated heterocycles. The first-order valence-corrected chi connectivity index (χ1v) is 8.16. The second-order valence-corrected chi connectivity index (χ2v) is 6.13. The average molecular weight is 311 g/mol. The average Bonchev–Trinajstić information content (AvgIpc) is 3.17. The van der Waals surface area contributed by atoms with E-state index in [1.807, 2.05) is 30.3 Å². The van der Waals surface area contributed by atoms with Gasteiger partial charge in [-0.2, -0.15) is 5.26 Å². The number of hydrogen-bond acceptors (Lipinski definition) is 5. The van der Waals surface area contributed by atoms with Crippen LogP contribution in [0.3, 0.4) is 0 Å². The molecule has 1 unspecified atom stereocenters. The minimum absolute atomic E-state index is 0.209. The molecular formula is C17H17N3OS. The zero-order valence-electron chi connectivity index (χ0n) is 12.4. The van der Waals surface area contributed by atoms with Crippen LogP contribution in [0.25, 0.3) is 21.0 Å². The molecule has 0 aliphatic heterocycles. The molecule has 0 saturated carbocycles. The molecule has 0 aliphatic carbocycles. The maximum atomic E-state index is 8.77. The maximum Gasteiger partial charge on any atom is 0.163 e. The molecule has 3 rings (SSSR count). The Kier molecular flexibility index (Phi) is 4.52. The summed E-state index contributed by atoms with van der Waals surface area (Å²) in [4.78, 5) is 4.60. The van der Waals surface area contributed by atoms with Gasteiger partial charge in [0, 0.05) is 6.04 Å². The highest BCUT2D eigenvalue weighted by Crippen LogP contribution is 2.31. The number of nitrogens with one attached hydrogen (secondary N) is 1. The van der Waals surface area contributed by atoms with Crippen LogP contribution in [0.5, 0.6) is 0 Å². The molecular weight excluding hydrogens is 294 g/mol. The summed E-state index contributed by atoms with van der Waals surface area (Å²) in [5.41, 5.74) is 0.999. The molecule has 1 aromatic carbocycles. The SMILES string of the molecule is CCC(CC#N)NCc1ccc(-c2nc3ccccc3s2)o1. The number of benzene rings is 1. The summed E-state index contributed by atoms with van der Waals surface area (Å²) in [5.74, 6) is 1.66. The van der Waals surface area contributed by atoms with Gasteiger partial charge in [0.1, 0.15) is 5.76 Å². The molecule has 4 nitrogen and oxygen atoms in total. The van der Waals surface area contributed by atoms with Gasteiger partial charge in [-0.1, -0.05) is 19.1 Å². The van der Waals surface area contributed by atoms with Crippen LogP contribution >= 0.6 is 11.3 Å². The van der Waals surface area contributed by atoms with E-state index in [1.54, 1.807) is 11.3 Å². The van der Waals surface area contributed by atoms with E-state index in [0.717, 1.165) is 33.2 Å². The minimum atomic E-state index is 0.209. The highest BCUT2D eigenvalue weighted by atomic mass is 32.1. The van der Waals surface area contributed by atoms with Crippen molar-refractivity contribution in [2.45, 2.75) is 32.4 Å². The Labute approximate surface area is 133 Å². The van der Waals surface area contributed by atoms with E-state index in [4.69, 9.17) is 9.68 Å². The largest absolute Gasteiger partial charge is 0.457 e. The molecule has 0 radical (unpaired) electrons. The van der Waals surface area contributed by atoms with Crippen molar-refractivity contribution >= 4 is 21.6 Å². The molecule has 0 amide bonds. The molecule has 3 aromatic rings. The first kappa shape index (κ1) is 14.8. The van der Waals surface area contributed by atoms with Gasteiger partial charge in [-0.15, -0.1) is 11.3 Å². The Bertz CT molecular complexity index is 766. The van der Waals surface area contributed by atoms with Crippen LogP contribution in [0.1, 0.15) is 25.5 Å². The van der Waals surface area contributed by atoms with Crippen molar-refractivity contribution in [3.8, 4) is 16.8 Å². The topological polar surface area (TPSA) is 61.9 Å². The second kappa shape index (κ2) is 6.73. The Morgan fingerprint density at radius 3 is 2.95 bits per heavy atom. The number of hydrogen-bond donors (Lipinski definition) is 1.